The molecule has 2 aromatic carbocycles. The SMILES string of the molecule is COc1cccc(-c2noc(COC(=O)c3ccc(OC)c(F)c3)n2)c1. The van der Waals surface area contributed by atoms with Gasteiger partial charge in [0, 0.05) is 5.56 Å². The van der Waals surface area contributed by atoms with Gasteiger partial charge in [0.05, 0.1) is 19.8 Å². The Kier molecular flexibility index (Phi) is 5.12. The predicted octanol–water partition coefficient (Wildman–Crippen LogP) is 3.25. The van der Waals surface area contributed by atoms with Crippen molar-refractivity contribution in [3.8, 4) is 22.9 Å². The highest BCUT2D eigenvalue weighted by Gasteiger charge is 2.14. The lowest BCUT2D eigenvalue weighted by atomic mass is 10.2. The number of ether oxygens (including phenoxy) is 3. The number of esters is 1. The van der Waals surface area contributed by atoms with E-state index in [1.165, 1.54) is 19.2 Å². The fourth-order valence-electron chi connectivity index (χ4n) is 2.20. The molecule has 26 heavy (non-hydrogen) atoms. The van der Waals surface area contributed by atoms with Gasteiger partial charge >= 0.3 is 5.97 Å². The number of halogens is 1. The Morgan fingerprint density at radius 2 is 2.00 bits per heavy atom. The van der Waals surface area contributed by atoms with Crippen molar-refractivity contribution in [2.75, 3.05) is 14.2 Å². The van der Waals surface area contributed by atoms with Gasteiger partial charge in [0.25, 0.3) is 5.89 Å². The fraction of sp³-hybridized carbons (Fsp3) is 0.167. The number of rotatable bonds is 6. The van der Waals surface area contributed by atoms with E-state index >= 15 is 0 Å². The number of hydrogen-bond donors (Lipinski definition) is 0. The van der Waals surface area contributed by atoms with Crippen molar-refractivity contribution >= 4 is 5.97 Å². The van der Waals surface area contributed by atoms with Crippen molar-refractivity contribution in [3.63, 3.8) is 0 Å². The van der Waals surface area contributed by atoms with E-state index in [0.29, 0.717) is 17.1 Å². The number of hydrogen-bond acceptors (Lipinski definition) is 7. The van der Waals surface area contributed by atoms with Crippen LogP contribution in [-0.2, 0) is 11.3 Å². The molecule has 0 N–H and O–H groups in total. The van der Waals surface area contributed by atoms with Crippen LogP contribution in [0.15, 0.2) is 47.0 Å². The largest absolute Gasteiger partial charge is 0.497 e. The Balaban J connectivity index is 1.66. The molecule has 0 radical (unpaired) electrons. The summed E-state index contributed by atoms with van der Waals surface area (Å²) in [6, 6.07) is 10.9. The molecule has 0 amide bonds. The summed E-state index contributed by atoms with van der Waals surface area (Å²) in [6.45, 7) is -0.233. The van der Waals surface area contributed by atoms with Crippen LogP contribution < -0.4 is 9.47 Å². The van der Waals surface area contributed by atoms with Gasteiger partial charge in [-0.1, -0.05) is 17.3 Å². The highest BCUT2D eigenvalue weighted by Crippen LogP contribution is 2.22. The molecule has 1 heterocycles. The van der Waals surface area contributed by atoms with Crippen LogP contribution >= 0.6 is 0 Å². The van der Waals surface area contributed by atoms with Crippen LogP contribution in [0.5, 0.6) is 11.5 Å². The van der Waals surface area contributed by atoms with Crippen molar-refractivity contribution in [1.29, 1.82) is 0 Å². The fourth-order valence-corrected chi connectivity index (χ4v) is 2.20. The molecule has 8 heteroatoms. The summed E-state index contributed by atoms with van der Waals surface area (Å²) in [5.41, 5.74) is 0.749. The van der Waals surface area contributed by atoms with Crippen LogP contribution in [0.4, 0.5) is 4.39 Å². The molecule has 0 aliphatic carbocycles. The van der Waals surface area contributed by atoms with E-state index in [2.05, 4.69) is 10.1 Å². The van der Waals surface area contributed by atoms with Crippen LogP contribution in [0.2, 0.25) is 0 Å². The van der Waals surface area contributed by atoms with E-state index in [1.807, 2.05) is 0 Å². The molecule has 134 valence electrons. The Bertz CT molecular complexity index is 925. The van der Waals surface area contributed by atoms with Crippen LogP contribution in [-0.4, -0.2) is 30.3 Å². The van der Waals surface area contributed by atoms with Crippen LogP contribution in [0.3, 0.4) is 0 Å². The Morgan fingerprint density at radius 1 is 1.15 bits per heavy atom. The summed E-state index contributed by atoms with van der Waals surface area (Å²) in [5.74, 6) is -0.216. The van der Waals surface area contributed by atoms with Gasteiger partial charge in [0.15, 0.2) is 18.2 Å². The van der Waals surface area contributed by atoms with Crippen LogP contribution in [0.1, 0.15) is 16.2 Å². The first-order valence-electron chi connectivity index (χ1n) is 7.58. The van der Waals surface area contributed by atoms with Gasteiger partial charge in [-0.25, -0.2) is 9.18 Å². The Hall–Kier alpha value is -3.42. The van der Waals surface area contributed by atoms with E-state index in [4.69, 9.17) is 18.7 Å². The quantitative estimate of drug-likeness (QED) is 0.625. The first-order chi connectivity index (χ1) is 12.6. The molecule has 3 aromatic rings. The van der Waals surface area contributed by atoms with Gasteiger partial charge in [-0.3, -0.25) is 0 Å². The average molecular weight is 358 g/mol. The number of aromatic nitrogens is 2. The third-order valence-electron chi connectivity index (χ3n) is 3.51. The smallest absolute Gasteiger partial charge is 0.338 e. The molecule has 3 rings (SSSR count). The second-order valence-electron chi connectivity index (χ2n) is 5.17. The van der Waals surface area contributed by atoms with E-state index in [0.717, 1.165) is 6.07 Å². The second-order valence-corrected chi connectivity index (χ2v) is 5.17. The number of methoxy groups -OCH3 is 2. The Labute approximate surface area is 148 Å². The van der Waals surface area contributed by atoms with Crippen LogP contribution in [0, 0.1) is 5.82 Å². The minimum absolute atomic E-state index is 0.0429. The van der Waals surface area contributed by atoms with E-state index in [9.17, 15) is 9.18 Å². The minimum atomic E-state index is -0.715. The molecule has 0 spiro atoms. The van der Waals surface area contributed by atoms with E-state index in [-0.39, 0.29) is 23.8 Å². The Morgan fingerprint density at radius 3 is 2.73 bits per heavy atom. The second kappa shape index (κ2) is 7.64. The van der Waals surface area contributed by atoms with Crippen molar-refractivity contribution in [3.05, 3.63) is 59.7 Å². The van der Waals surface area contributed by atoms with Gasteiger partial charge in [0.2, 0.25) is 5.82 Å². The van der Waals surface area contributed by atoms with Gasteiger partial charge in [0.1, 0.15) is 5.75 Å². The summed E-state index contributed by atoms with van der Waals surface area (Å²) in [5, 5.41) is 3.84. The average Bonchev–Trinajstić information content (AvgIpc) is 3.15. The predicted molar refractivity (Wildman–Crippen MR) is 88.4 cm³/mol. The monoisotopic (exact) mass is 358 g/mol. The van der Waals surface area contributed by atoms with Gasteiger partial charge < -0.3 is 18.7 Å². The summed E-state index contributed by atoms with van der Waals surface area (Å²) in [7, 11) is 2.90. The maximum atomic E-state index is 13.6. The first-order valence-corrected chi connectivity index (χ1v) is 7.58. The van der Waals surface area contributed by atoms with E-state index < -0.39 is 11.8 Å². The topological polar surface area (TPSA) is 83.7 Å². The molecule has 0 bridgehead atoms. The number of nitrogens with zero attached hydrogens (tertiary/aromatic N) is 2. The molecule has 0 unspecified atom stereocenters. The van der Waals surface area contributed by atoms with Gasteiger partial charge in [-0.05, 0) is 30.3 Å². The molecule has 0 atom stereocenters. The molecule has 0 saturated carbocycles. The molecule has 7 nitrogen and oxygen atoms in total. The molecule has 0 fully saturated rings. The zero-order valence-corrected chi connectivity index (χ0v) is 14.1. The van der Waals surface area contributed by atoms with Crippen LogP contribution in [0.25, 0.3) is 11.4 Å². The standard InChI is InChI=1S/C18H15FN2O5/c1-23-13-5-3-4-11(8-13)17-20-16(26-21-17)10-25-18(22)12-6-7-15(24-2)14(19)9-12/h3-9H,10H2,1-2H3. The third-order valence-corrected chi connectivity index (χ3v) is 3.51. The lowest BCUT2D eigenvalue weighted by molar-refractivity contribution is 0.0429. The molecule has 0 saturated heterocycles. The zero-order chi connectivity index (χ0) is 18.5. The number of benzene rings is 2. The lowest BCUT2D eigenvalue weighted by Crippen LogP contribution is -2.06. The van der Waals surface area contributed by atoms with Crippen molar-refractivity contribution in [1.82, 2.24) is 10.1 Å². The highest BCUT2D eigenvalue weighted by atomic mass is 19.1. The highest BCUT2D eigenvalue weighted by molar-refractivity contribution is 5.89. The molecule has 0 aliphatic rings. The van der Waals surface area contributed by atoms with Gasteiger partial charge in [-0.15, -0.1) is 0 Å². The first kappa shape index (κ1) is 17.4. The zero-order valence-electron chi connectivity index (χ0n) is 14.1. The van der Waals surface area contributed by atoms with E-state index in [1.54, 1.807) is 31.4 Å². The van der Waals surface area contributed by atoms with Crippen molar-refractivity contribution < 1.29 is 27.9 Å². The molecular weight excluding hydrogens is 343 g/mol. The maximum Gasteiger partial charge on any atom is 0.338 e. The summed E-state index contributed by atoms with van der Waals surface area (Å²) in [4.78, 5) is 16.2. The normalized spacial score (nSPS) is 10.4. The maximum absolute atomic E-state index is 13.6. The van der Waals surface area contributed by atoms with Crippen molar-refractivity contribution in [2.24, 2.45) is 0 Å². The number of carbonyl (C=O) groups is 1. The third kappa shape index (κ3) is 3.80. The molecule has 1 aromatic heterocycles. The van der Waals surface area contributed by atoms with Gasteiger partial charge in [-0.2, -0.15) is 4.98 Å². The summed E-state index contributed by atoms with van der Waals surface area (Å²) < 4.78 is 33.7. The van der Waals surface area contributed by atoms with Crippen molar-refractivity contribution in [2.45, 2.75) is 6.61 Å². The molecular formula is C18H15FN2O5. The summed E-state index contributed by atoms with van der Waals surface area (Å²) >= 11 is 0. The minimum Gasteiger partial charge on any atom is -0.497 e. The lowest BCUT2D eigenvalue weighted by Gasteiger charge is -2.04. The summed E-state index contributed by atoms with van der Waals surface area (Å²) in [6.07, 6.45) is 0. The molecule has 0 aliphatic heterocycles. The number of carbonyl (C=O) groups excluding carboxylic acids is 1.